The Morgan fingerprint density at radius 1 is 1.34 bits per heavy atom. The lowest BCUT2D eigenvalue weighted by Crippen LogP contribution is -2.48. The third kappa shape index (κ3) is 5.51. The maximum absolute atomic E-state index is 13.4. The van der Waals surface area contributed by atoms with Gasteiger partial charge in [0, 0.05) is 38.6 Å². The van der Waals surface area contributed by atoms with E-state index in [0.29, 0.717) is 27.6 Å². The van der Waals surface area contributed by atoms with E-state index in [0.717, 1.165) is 16.7 Å². The molecule has 14 heteroatoms. The lowest BCUT2D eigenvalue weighted by molar-refractivity contribution is -0.153. The normalized spacial score (nSPS) is 16.6. The minimum absolute atomic E-state index is 0.00376. The van der Waals surface area contributed by atoms with Gasteiger partial charge in [0.25, 0.3) is 10.0 Å². The zero-order chi connectivity index (χ0) is 27.6. The second kappa shape index (κ2) is 11.1. The van der Waals surface area contributed by atoms with Crippen molar-refractivity contribution in [3.8, 4) is 5.75 Å². The van der Waals surface area contributed by atoms with Crippen molar-refractivity contribution in [1.82, 2.24) is 19.6 Å². The number of nitrogens with zero attached hydrogens (tertiary/aromatic N) is 4. The maximum atomic E-state index is 13.4. The number of esters is 1. The number of methoxy groups -OCH3 is 1. The predicted molar refractivity (Wildman–Crippen MR) is 144 cm³/mol. The number of hydrogen-bond donors (Lipinski definition) is 2. The second-order valence-corrected chi connectivity index (χ2v) is 11.9. The molecule has 1 aliphatic rings. The summed E-state index contributed by atoms with van der Waals surface area (Å²) in [6.45, 7) is 1.99. The number of carbonyl (C=O) groups is 2. The average Bonchev–Trinajstić information content (AvgIpc) is 3.51. The fraction of sp³-hybridized carbons (Fsp3) is 0.417. The van der Waals surface area contributed by atoms with E-state index >= 15 is 0 Å². The Bertz CT molecular complexity index is 1460. The summed E-state index contributed by atoms with van der Waals surface area (Å²) in [6, 6.07) is 3.37. The number of ether oxygens (including phenoxy) is 2. The molecule has 38 heavy (non-hydrogen) atoms. The largest absolute Gasteiger partial charge is 0.496 e. The smallest absolute Gasteiger partial charge is 0.329 e. The first-order valence-electron chi connectivity index (χ1n) is 11.9. The van der Waals surface area contributed by atoms with Crippen LogP contribution >= 0.6 is 11.3 Å². The van der Waals surface area contributed by atoms with Crippen molar-refractivity contribution in [3.05, 3.63) is 36.2 Å². The third-order valence-electron chi connectivity index (χ3n) is 6.20. The number of fused-ring (bicyclic) bond motifs is 1. The van der Waals surface area contributed by atoms with Gasteiger partial charge in [0.1, 0.15) is 23.7 Å². The van der Waals surface area contributed by atoms with Gasteiger partial charge < -0.3 is 25.0 Å². The molecule has 1 aromatic carbocycles. The summed E-state index contributed by atoms with van der Waals surface area (Å²) in [4.78, 5) is 37.7. The van der Waals surface area contributed by atoms with Crippen molar-refractivity contribution >= 4 is 55.0 Å². The highest BCUT2D eigenvalue weighted by Crippen LogP contribution is 2.31. The van der Waals surface area contributed by atoms with E-state index in [1.165, 1.54) is 18.2 Å². The molecule has 2 aromatic heterocycles. The molecule has 3 heterocycles. The molecular weight excluding hydrogens is 532 g/mol. The summed E-state index contributed by atoms with van der Waals surface area (Å²) in [5, 5.41) is 2.03. The molecular formula is C24H30N6O6S2. The van der Waals surface area contributed by atoms with E-state index in [1.807, 2.05) is 6.07 Å². The number of hydrogen-bond acceptors (Lipinski definition) is 11. The molecule has 4 rings (SSSR count). The van der Waals surface area contributed by atoms with E-state index < -0.39 is 34.0 Å². The van der Waals surface area contributed by atoms with Gasteiger partial charge in [-0.2, -0.15) is 4.72 Å². The van der Waals surface area contributed by atoms with Gasteiger partial charge in [-0.1, -0.05) is 11.3 Å². The highest BCUT2D eigenvalue weighted by atomic mass is 32.2. The van der Waals surface area contributed by atoms with Crippen molar-refractivity contribution in [3.63, 3.8) is 0 Å². The van der Waals surface area contributed by atoms with Crippen LogP contribution in [-0.4, -0.2) is 81.6 Å². The van der Waals surface area contributed by atoms with E-state index in [9.17, 15) is 18.0 Å². The number of anilines is 2. The first-order chi connectivity index (χ1) is 18.1. The zero-order valence-corrected chi connectivity index (χ0v) is 23.1. The maximum Gasteiger partial charge on any atom is 0.329 e. The number of aromatic nitrogens is 2. The quantitative estimate of drug-likeness (QED) is 0.346. The summed E-state index contributed by atoms with van der Waals surface area (Å²) in [6.07, 6.45) is 3.15. The number of nitrogens with one attached hydrogen (secondary N) is 1. The summed E-state index contributed by atoms with van der Waals surface area (Å²) in [7, 11) is 1.03. The van der Waals surface area contributed by atoms with Crippen LogP contribution in [0.5, 0.6) is 5.75 Å². The molecule has 3 N–H and O–H groups in total. The SMILES string of the molecule is CCOC(=O)[C@@H](Cc1cc2ccnc(N)c2cc1OC)N1CCC(NS(=O)(=O)c2cnc(N(C)C)s2)C1=O. The highest BCUT2D eigenvalue weighted by Gasteiger charge is 2.42. The molecule has 1 fully saturated rings. The van der Waals surface area contributed by atoms with Crippen LogP contribution in [0.15, 0.2) is 34.8 Å². The number of likely N-dealkylation sites (tertiary alicyclic amines) is 1. The molecule has 1 aliphatic heterocycles. The van der Waals surface area contributed by atoms with E-state index in [4.69, 9.17) is 15.2 Å². The van der Waals surface area contributed by atoms with Crippen molar-refractivity contribution in [2.45, 2.75) is 36.1 Å². The Kier molecular flexibility index (Phi) is 8.04. The van der Waals surface area contributed by atoms with Crippen molar-refractivity contribution in [2.24, 2.45) is 0 Å². The van der Waals surface area contributed by atoms with Gasteiger partial charge >= 0.3 is 5.97 Å². The number of thiazole rings is 1. The molecule has 0 saturated carbocycles. The predicted octanol–water partition coefficient (Wildman–Crippen LogP) is 1.40. The van der Waals surface area contributed by atoms with Gasteiger partial charge in [0.05, 0.1) is 19.9 Å². The number of nitrogen functional groups attached to an aromatic ring is 1. The molecule has 1 unspecified atom stereocenters. The number of carbonyl (C=O) groups excluding carboxylic acids is 2. The number of benzene rings is 1. The molecule has 0 spiro atoms. The minimum Gasteiger partial charge on any atom is -0.496 e. The van der Waals surface area contributed by atoms with Crippen LogP contribution in [0.3, 0.4) is 0 Å². The number of nitrogens with two attached hydrogens (primary N) is 1. The lowest BCUT2D eigenvalue weighted by atomic mass is 10.00. The second-order valence-electron chi connectivity index (χ2n) is 8.90. The monoisotopic (exact) mass is 562 g/mol. The summed E-state index contributed by atoms with van der Waals surface area (Å²) in [5.74, 6) is -0.258. The fourth-order valence-electron chi connectivity index (χ4n) is 4.34. The summed E-state index contributed by atoms with van der Waals surface area (Å²) >= 11 is 0.997. The summed E-state index contributed by atoms with van der Waals surface area (Å²) < 4.78 is 39.2. The summed E-state index contributed by atoms with van der Waals surface area (Å²) in [5.41, 5.74) is 6.67. The van der Waals surface area contributed by atoms with E-state index in [1.54, 1.807) is 44.2 Å². The Labute approximate surface area is 224 Å². The molecule has 204 valence electrons. The average molecular weight is 563 g/mol. The Morgan fingerprint density at radius 3 is 2.76 bits per heavy atom. The van der Waals surface area contributed by atoms with E-state index in [-0.39, 0.29) is 30.2 Å². The number of sulfonamides is 1. The molecule has 1 saturated heterocycles. The first-order valence-corrected chi connectivity index (χ1v) is 14.2. The van der Waals surface area contributed by atoms with Gasteiger partial charge in [-0.25, -0.2) is 23.2 Å². The van der Waals surface area contributed by atoms with Crippen LogP contribution in [0.4, 0.5) is 10.9 Å². The Hall–Kier alpha value is -3.49. The molecule has 0 aliphatic carbocycles. The van der Waals surface area contributed by atoms with Crippen LogP contribution in [0.25, 0.3) is 10.8 Å². The van der Waals surface area contributed by atoms with Gasteiger partial charge in [-0.15, -0.1) is 0 Å². The minimum atomic E-state index is -3.99. The van der Waals surface area contributed by atoms with Crippen molar-refractivity contribution in [2.75, 3.05) is 45.0 Å². The number of rotatable bonds is 10. The van der Waals surface area contributed by atoms with Gasteiger partial charge in [0.15, 0.2) is 9.34 Å². The number of amides is 1. The van der Waals surface area contributed by atoms with Crippen LogP contribution in [-0.2, 0) is 30.8 Å². The Morgan fingerprint density at radius 2 is 2.11 bits per heavy atom. The molecule has 12 nitrogen and oxygen atoms in total. The van der Waals surface area contributed by atoms with Crippen LogP contribution in [0.2, 0.25) is 0 Å². The van der Waals surface area contributed by atoms with Crippen molar-refractivity contribution in [1.29, 1.82) is 0 Å². The Balaban J connectivity index is 1.59. The van der Waals surface area contributed by atoms with E-state index in [2.05, 4.69) is 14.7 Å². The van der Waals surface area contributed by atoms with Crippen LogP contribution in [0.1, 0.15) is 18.9 Å². The van der Waals surface area contributed by atoms with Crippen LogP contribution < -0.4 is 20.1 Å². The van der Waals surface area contributed by atoms with Gasteiger partial charge in [-0.05, 0) is 42.5 Å². The standard InChI is InChI=1S/C24H30N6O6S2/c1-5-36-23(32)18(11-15-10-14-6-8-26-21(25)16(14)12-19(15)35-4)30-9-7-17(22(30)31)28-38(33,34)20-13-27-24(37-20)29(2)3/h6,8,10,12-13,17-18,28H,5,7,9,11H2,1-4H3,(H2,25,26)/t17?,18-/m1/s1. The molecule has 1 amide bonds. The molecule has 3 aromatic rings. The third-order valence-corrected chi connectivity index (χ3v) is 9.30. The van der Waals surface area contributed by atoms with Gasteiger partial charge in [-0.3, -0.25) is 4.79 Å². The topological polar surface area (TPSA) is 157 Å². The molecule has 0 bridgehead atoms. The zero-order valence-electron chi connectivity index (χ0n) is 21.5. The molecule has 2 atom stereocenters. The number of pyridine rings is 1. The molecule has 0 radical (unpaired) electrons. The van der Waals surface area contributed by atoms with Crippen LogP contribution in [0, 0.1) is 0 Å². The van der Waals surface area contributed by atoms with Crippen molar-refractivity contribution < 1.29 is 27.5 Å². The fourth-order valence-corrected chi connectivity index (χ4v) is 6.62. The van der Waals surface area contributed by atoms with Gasteiger partial charge in [0.2, 0.25) is 5.91 Å². The lowest BCUT2D eigenvalue weighted by Gasteiger charge is -2.27. The first kappa shape index (κ1) is 27.5. The highest BCUT2D eigenvalue weighted by molar-refractivity contribution is 7.91.